The number of hydrogen-bond donors (Lipinski definition) is 1. The number of para-hydroxylation sites is 1. The maximum Gasteiger partial charge on any atom is 0.321 e. The van der Waals surface area contributed by atoms with Crippen LogP contribution >= 0.6 is 0 Å². The molecule has 0 aliphatic carbocycles. The maximum absolute atomic E-state index is 12.6. The van der Waals surface area contributed by atoms with E-state index < -0.39 is 0 Å². The molecule has 0 spiro atoms. The zero-order chi connectivity index (χ0) is 18.5. The number of rotatable bonds is 4. The third kappa shape index (κ3) is 5.00. The zero-order valence-corrected chi connectivity index (χ0v) is 16.7. The zero-order valence-electron chi connectivity index (χ0n) is 16.7. The van der Waals surface area contributed by atoms with Crippen LogP contribution in [0, 0.1) is 17.8 Å². The first-order valence-corrected chi connectivity index (χ1v) is 10.4. The van der Waals surface area contributed by atoms with Crippen LogP contribution in [0.1, 0.15) is 45.6 Å². The molecule has 4 nitrogen and oxygen atoms in total. The van der Waals surface area contributed by atoms with Crippen LogP contribution in [0.3, 0.4) is 0 Å². The van der Waals surface area contributed by atoms with E-state index in [9.17, 15) is 4.79 Å². The number of hydrogen-bond acceptors (Lipinski definition) is 2. The van der Waals surface area contributed by atoms with Gasteiger partial charge in [-0.3, -0.25) is 0 Å². The minimum Gasteiger partial charge on any atom is -0.325 e. The van der Waals surface area contributed by atoms with E-state index in [1.54, 1.807) is 0 Å². The molecule has 2 aliphatic heterocycles. The highest BCUT2D eigenvalue weighted by molar-refractivity contribution is 5.90. The van der Waals surface area contributed by atoms with Crippen LogP contribution in [-0.2, 0) is 6.42 Å². The van der Waals surface area contributed by atoms with Gasteiger partial charge in [-0.25, -0.2) is 4.79 Å². The Morgan fingerprint density at radius 1 is 1.12 bits per heavy atom. The van der Waals surface area contributed by atoms with E-state index in [1.165, 1.54) is 31.6 Å². The highest BCUT2D eigenvalue weighted by Crippen LogP contribution is 2.25. The van der Waals surface area contributed by atoms with Gasteiger partial charge >= 0.3 is 6.03 Å². The Morgan fingerprint density at radius 2 is 1.77 bits per heavy atom. The molecule has 2 fully saturated rings. The Balaban J connectivity index is 1.46. The highest BCUT2D eigenvalue weighted by atomic mass is 16.2. The summed E-state index contributed by atoms with van der Waals surface area (Å²) in [4.78, 5) is 17.3. The van der Waals surface area contributed by atoms with Crippen molar-refractivity contribution in [1.29, 1.82) is 0 Å². The summed E-state index contributed by atoms with van der Waals surface area (Å²) < 4.78 is 0. The third-order valence-electron chi connectivity index (χ3n) is 6.00. The minimum absolute atomic E-state index is 0.0598. The van der Waals surface area contributed by atoms with Gasteiger partial charge in [0.25, 0.3) is 0 Å². The molecule has 0 bridgehead atoms. The number of aryl methyl sites for hydroxylation is 1. The molecule has 0 unspecified atom stereocenters. The predicted octanol–water partition coefficient (Wildman–Crippen LogP) is 4.47. The molecule has 144 valence electrons. The third-order valence-corrected chi connectivity index (χ3v) is 6.00. The Morgan fingerprint density at radius 3 is 2.42 bits per heavy atom. The van der Waals surface area contributed by atoms with Crippen molar-refractivity contribution >= 4 is 11.7 Å². The molecule has 4 heteroatoms. The molecule has 2 amide bonds. The summed E-state index contributed by atoms with van der Waals surface area (Å²) >= 11 is 0. The first kappa shape index (κ1) is 19.2. The number of amides is 2. The minimum atomic E-state index is 0.0598. The van der Waals surface area contributed by atoms with E-state index >= 15 is 0 Å². The average Bonchev–Trinajstić information content (AvgIpc) is 2.62. The molecule has 1 N–H and O–H groups in total. The van der Waals surface area contributed by atoms with Gasteiger partial charge in [-0.05, 0) is 55.1 Å². The number of carbonyl (C=O) groups excluding carboxylic acids is 1. The molecule has 0 radical (unpaired) electrons. The topological polar surface area (TPSA) is 35.6 Å². The standard InChI is InChI=1S/C22H35N3O/c1-4-20-7-5-6-8-21(20)23-22(26)25-11-9-19(10-12-25)16-24-14-17(2)13-18(3)15-24/h5-8,17-19H,4,9-16H2,1-3H3,(H,23,26)/t17-,18+. The first-order valence-electron chi connectivity index (χ1n) is 10.4. The van der Waals surface area contributed by atoms with Crippen molar-refractivity contribution in [1.82, 2.24) is 9.80 Å². The summed E-state index contributed by atoms with van der Waals surface area (Å²) in [7, 11) is 0. The summed E-state index contributed by atoms with van der Waals surface area (Å²) in [6.07, 6.45) is 4.56. The van der Waals surface area contributed by atoms with Crippen molar-refractivity contribution in [2.45, 2.75) is 46.5 Å². The number of anilines is 1. The Kier molecular flexibility index (Phi) is 6.58. The monoisotopic (exact) mass is 357 g/mol. The second kappa shape index (κ2) is 8.90. The number of nitrogens with one attached hydrogen (secondary N) is 1. The smallest absolute Gasteiger partial charge is 0.321 e. The van der Waals surface area contributed by atoms with Gasteiger partial charge in [-0.1, -0.05) is 39.0 Å². The highest BCUT2D eigenvalue weighted by Gasteiger charge is 2.27. The lowest BCUT2D eigenvalue weighted by Gasteiger charge is -2.39. The summed E-state index contributed by atoms with van der Waals surface area (Å²) in [6.45, 7) is 12.3. The molecule has 2 heterocycles. The van der Waals surface area contributed by atoms with Gasteiger partial charge < -0.3 is 15.1 Å². The summed E-state index contributed by atoms with van der Waals surface area (Å²) in [6, 6.07) is 8.17. The van der Waals surface area contributed by atoms with Gasteiger partial charge in [0.15, 0.2) is 0 Å². The number of nitrogens with zero attached hydrogens (tertiary/aromatic N) is 2. The molecule has 2 saturated heterocycles. The lowest BCUT2D eigenvalue weighted by atomic mass is 9.89. The normalized spacial score (nSPS) is 25.3. The molecule has 3 rings (SSSR count). The van der Waals surface area contributed by atoms with Gasteiger partial charge in [0.2, 0.25) is 0 Å². The summed E-state index contributed by atoms with van der Waals surface area (Å²) in [5.41, 5.74) is 2.16. The van der Waals surface area contributed by atoms with Gasteiger partial charge in [-0.2, -0.15) is 0 Å². The van der Waals surface area contributed by atoms with Crippen molar-refractivity contribution in [3.8, 4) is 0 Å². The van der Waals surface area contributed by atoms with Crippen LogP contribution in [0.25, 0.3) is 0 Å². The Labute approximate surface area is 158 Å². The molecule has 1 aromatic rings. The fraction of sp³-hybridized carbons (Fsp3) is 0.682. The van der Waals surface area contributed by atoms with Gasteiger partial charge in [0.1, 0.15) is 0 Å². The molecule has 26 heavy (non-hydrogen) atoms. The molecule has 2 aliphatic rings. The lowest BCUT2D eigenvalue weighted by molar-refractivity contribution is 0.101. The van der Waals surface area contributed by atoms with E-state index in [0.29, 0.717) is 0 Å². The Hall–Kier alpha value is -1.55. The largest absolute Gasteiger partial charge is 0.325 e. The number of carbonyl (C=O) groups is 1. The average molecular weight is 358 g/mol. The summed E-state index contributed by atoms with van der Waals surface area (Å²) in [5.74, 6) is 2.38. The molecule has 0 saturated carbocycles. The fourth-order valence-electron chi connectivity index (χ4n) is 4.77. The van der Waals surface area contributed by atoms with Crippen LogP contribution in [0.2, 0.25) is 0 Å². The molecule has 0 aromatic heterocycles. The van der Waals surface area contributed by atoms with Crippen molar-refractivity contribution in [3.05, 3.63) is 29.8 Å². The molecule has 1 aromatic carbocycles. The van der Waals surface area contributed by atoms with Gasteiger partial charge in [0, 0.05) is 38.4 Å². The van der Waals surface area contributed by atoms with Crippen molar-refractivity contribution in [2.75, 3.05) is 38.0 Å². The van der Waals surface area contributed by atoms with E-state index in [2.05, 4.69) is 37.1 Å². The van der Waals surface area contributed by atoms with E-state index in [1.807, 2.05) is 23.1 Å². The predicted molar refractivity (Wildman–Crippen MR) is 109 cm³/mol. The molecular weight excluding hydrogens is 322 g/mol. The second-order valence-corrected chi connectivity index (χ2v) is 8.54. The van der Waals surface area contributed by atoms with Crippen molar-refractivity contribution in [2.24, 2.45) is 17.8 Å². The van der Waals surface area contributed by atoms with Crippen molar-refractivity contribution in [3.63, 3.8) is 0 Å². The summed E-state index contributed by atoms with van der Waals surface area (Å²) in [5, 5.41) is 3.12. The van der Waals surface area contributed by atoms with E-state index in [4.69, 9.17) is 0 Å². The van der Waals surface area contributed by atoms with E-state index in [-0.39, 0.29) is 6.03 Å². The molecular formula is C22H35N3O. The van der Waals surface area contributed by atoms with Crippen LogP contribution < -0.4 is 5.32 Å². The second-order valence-electron chi connectivity index (χ2n) is 8.54. The number of piperidine rings is 2. The maximum atomic E-state index is 12.6. The van der Waals surface area contributed by atoms with Crippen LogP contribution in [0.4, 0.5) is 10.5 Å². The van der Waals surface area contributed by atoms with E-state index in [0.717, 1.165) is 55.8 Å². The quantitative estimate of drug-likeness (QED) is 0.863. The van der Waals surface area contributed by atoms with Crippen LogP contribution in [0.5, 0.6) is 0 Å². The van der Waals surface area contributed by atoms with Crippen LogP contribution in [0.15, 0.2) is 24.3 Å². The Bertz CT molecular complexity index is 585. The van der Waals surface area contributed by atoms with Crippen molar-refractivity contribution < 1.29 is 4.79 Å². The first-order chi connectivity index (χ1) is 12.5. The number of urea groups is 1. The lowest BCUT2D eigenvalue weighted by Crippen LogP contribution is -2.46. The fourth-order valence-corrected chi connectivity index (χ4v) is 4.77. The van der Waals surface area contributed by atoms with Crippen LogP contribution in [-0.4, -0.2) is 48.6 Å². The molecule has 2 atom stereocenters. The SMILES string of the molecule is CCc1ccccc1NC(=O)N1CCC(CN2C[C@H](C)C[C@H](C)C2)CC1. The van der Waals surface area contributed by atoms with Gasteiger partial charge in [-0.15, -0.1) is 0 Å². The van der Waals surface area contributed by atoms with Gasteiger partial charge in [0.05, 0.1) is 0 Å². The number of benzene rings is 1. The number of likely N-dealkylation sites (tertiary alicyclic amines) is 2.